The van der Waals surface area contributed by atoms with E-state index in [1.165, 1.54) is 13.2 Å². The summed E-state index contributed by atoms with van der Waals surface area (Å²) in [5.41, 5.74) is 12.1. The number of hydrogen-bond donors (Lipinski definition) is 2. The first kappa shape index (κ1) is 30.6. The molecule has 12 nitrogen and oxygen atoms in total. The molecule has 1 amide bonds. The molecule has 2 saturated carbocycles. The molecule has 3 aliphatic rings. The third-order valence-electron chi connectivity index (χ3n) is 11.0. The minimum absolute atomic E-state index is 0.0293. The van der Waals surface area contributed by atoms with Crippen LogP contribution >= 0.6 is 0 Å². The lowest BCUT2D eigenvalue weighted by molar-refractivity contribution is 0.0602. The van der Waals surface area contributed by atoms with Gasteiger partial charge < -0.3 is 34.2 Å². The normalized spacial score (nSPS) is 20.0. The Labute approximate surface area is 286 Å². The Morgan fingerprint density at radius 3 is 2.56 bits per heavy atom. The second-order valence-corrected chi connectivity index (χ2v) is 14.0. The molecule has 0 radical (unpaired) electrons. The SMILES string of the molecule is COC(=O)c1cc(=O)[nH]c2ccc(-c3ccc4cc(-c5nc6cc(C(=O)N7CC8CCC7C8N)cc(OC)c6n5C)n(CC5CC5)c4n3)cc12. The van der Waals surface area contributed by atoms with Crippen LogP contribution in [-0.2, 0) is 18.3 Å². The van der Waals surface area contributed by atoms with Crippen LogP contribution in [0.3, 0.4) is 0 Å². The number of H-pyrrole nitrogens is 1. The maximum absolute atomic E-state index is 13.8. The molecule has 2 aromatic carbocycles. The number of fused-ring (bicyclic) bond motifs is 5. The molecule has 3 atom stereocenters. The van der Waals surface area contributed by atoms with Gasteiger partial charge in [0.05, 0.1) is 36.7 Å². The van der Waals surface area contributed by atoms with Crippen LogP contribution in [0.25, 0.3) is 55.7 Å². The largest absolute Gasteiger partial charge is 0.494 e. The maximum Gasteiger partial charge on any atom is 0.338 e. The Hall–Kier alpha value is -5.49. The molecule has 2 bridgehead atoms. The molecule has 0 spiro atoms. The van der Waals surface area contributed by atoms with Crippen LogP contribution in [0.2, 0.25) is 0 Å². The molecule has 6 aromatic rings. The van der Waals surface area contributed by atoms with Crippen LogP contribution in [0.15, 0.2) is 59.4 Å². The number of aryl methyl sites for hydroxylation is 1. The van der Waals surface area contributed by atoms with Gasteiger partial charge in [-0.15, -0.1) is 0 Å². The van der Waals surface area contributed by atoms with Gasteiger partial charge in [0.2, 0.25) is 5.56 Å². The van der Waals surface area contributed by atoms with Crippen molar-refractivity contribution in [2.24, 2.45) is 24.6 Å². The van der Waals surface area contributed by atoms with Crippen LogP contribution < -0.4 is 16.0 Å². The summed E-state index contributed by atoms with van der Waals surface area (Å²) in [4.78, 5) is 53.6. The number of nitrogens with two attached hydrogens (primary N) is 1. The molecule has 2 aliphatic carbocycles. The van der Waals surface area contributed by atoms with Crippen molar-refractivity contribution < 1.29 is 19.1 Å². The van der Waals surface area contributed by atoms with Gasteiger partial charge in [-0.1, -0.05) is 6.07 Å². The van der Waals surface area contributed by atoms with E-state index in [-0.39, 0.29) is 29.1 Å². The average Bonchev–Trinajstić information content (AvgIpc) is 3.53. The van der Waals surface area contributed by atoms with Crippen molar-refractivity contribution in [1.29, 1.82) is 0 Å². The van der Waals surface area contributed by atoms with Crippen molar-refractivity contribution in [3.8, 4) is 28.5 Å². The van der Waals surface area contributed by atoms with Gasteiger partial charge in [-0.3, -0.25) is 9.59 Å². The number of likely N-dealkylation sites (tertiary alicyclic amines) is 1. The highest BCUT2D eigenvalue weighted by molar-refractivity contribution is 6.04. The molecule has 3 unspecified atom stereocenters. The van der Waals surface area contributed by atoms with Crippen molar-refractivity contribution in [3.63, 3.8) is 0 Å². The predicted molar refractivity (Wildman–Crippen MR) is 189 cm³/mol. The topological polar surface area (TPSA) is 150 Å². The van der Waals surface area contributed by atoms with Gasteiger partial charge in [0, 0.05) is 65.7 Å². The third-order valence-corrected chi connectivity index (χ3v) is 11.0. The number of nitrogens with one attached hydrogen (secondary N) is 1. The second kappa shape index (κ2) is 11.3. The summed E-state index contributed by atoms with van der Waals surface area (Å²) in [6.07, 6.45) is 4.33. The fourth-order valence-corrected chi connectivity index (χ4v) is 8.18. The molecular weight excluding hydrogens is 634 g/mol. The van der Waals surface area contributed by atoms with Crippen molar-refractivity contribution in [2.45, 2.75) is 44.3 Å². The number of benzene rings is 2. The number of esters is 1. The van der Waals surface area contributed by atoms with Gasteiger partial charge in [-0.25, -0.2) is 14.8 Å². The number of pyridine rings is 2. The number of aromatic nitrogens is 5. The first-order valence-electron chi connectivity index (χ1n) is 17.1. The number of ether oxygens (including phenoxy) is 2. The molecule has 3 fully saturated rings. The number of imidazole rings is 1. The molecular formula is C38H37N7O5. The van der Waals surface area contributed by atoms with Gasteiger partial charge in [-0.2, -0.15) is 0 Å². The number of piperidine rings is 1. The van der Waals surface area contributed by atoms with E-state index < -0.39 is 5.97 Å². The van der Waals surface area contributed by atoms with E-state index in [4.69, 9.17) is 25.2 Å². The van der Waals surface area contributed by atoms with Crippen LogP contribution in [-0.4, -0.2) is 73.7 Å². The van der Waals surface area contributed by atoms with E-state index >= 15 is 0 Å². The first-order valence-corrected chi connectivity index (χ1v) is 17.1. The first-order chi connectivity index (χ1) is 24.2. The molecule has 1 aliphatic heterocycles. The van der Waals surface area contributed by atoms with Crippen molar-refractivity contribution in [2.75, 3.05) is 20.8 Å². The molecule has 5 heterocycles. The Morgan fingerprint density at radius 2 is 1.84 bits per heavy atom. The fraction of sp³-hybridized carbons (Fsp3) is 0.342. The number of hydrogen-bond acceptors (Lipinski definition) is 8. The zero-order valence-electron chi connectivity index (χ0n) is 28.1. The van der Waals surface area contributed by atoms with Crippen LogP contribution in [0.5, 0.6) is 5.75 Å². The molecule has 4 aromatic heterocycles. The zero-order valence-corrected chi connectivity index (χ0v) is 28.1. The Bertz CT molecular complexity index is 2460. The number of carbonyl (C=O) groups is 2. The quantitative estimate of drug-likeness (QED) is 0.229. The fourth-order valence-electron chi connectivity index (χ4n) is 8.18. The van der Waals surface area contributed by atoms with Gasteiger partial charge in [0.15, 0.2) is 5.82 Å². The zero-order chi connectivity index (χ0) is 34.4. The third kappa shape index (κ3) is 4.72. The summed E-state index contributed by atoms with van der Waals surface area (Å²) in [5, 5.41) is 1.55. The van der Waals surface area contributed by atoms with Crippen molar-refractivity contribution in [3.05, 3.63) is 76.1 Å². The van der Waals surface area contributed by atoms with Gasteiger partial charge in [0.1, 0.15) is 16.9 Å². The predicted octanol–water partition coefficient (Wildman–Crippen LogP) is 4.87. The van der Waals surface area contributed by atoms with E-state index in [1.54, 1.807) is 13.2 Å². The highest BCUT2D eigenvalue weighted by atomic mass is 16.5. The molecule has 9 rings (SSSR count). The minimum atomic E-state index is -0.576. The van der Waals surface area contributed by atoms with Crippen LogP contribution in [0.4, 0.5) is 0 Å². The summed E-state index contributed by atoms with van der Waals surface area (Å²) >= 11 is 0. The highest BCUT2D eigenvalue weighted by Gasteiger charge is 2.47. The highest BCUT2D eigenvalue weighted by Crippen LogP contribution is 2.40. The molecule has 254 valence electrons. The summed E-state index contributed by atoms with van der Waals surface area (Å²) < 4.78 is 15.1. The Balaban J connectivity index is 1.15. The summed E-state index contributed by atoms with van der Waals surface area (Å²) in [7, 11) is 4.90. The Kier molecular flexibility index (Phi) is 6.89. The number of methoxy groups -OCH3 is 2. The van der Waals surface area contributed by atoms with E-state index in [0.29, 0.717) is 46.1 Å². The lowest BCUT2D eigenvalue weighted by Gasteiger charge is -2.27. The number of carbonyl (C=O) groups excluding carboxylic acids is 2. The summed E-state index contributed by atoms with van der Waals surface area (Å²) in [5.74, 6) is 1.65. The molecule has 1 saturated heterocycles. The van der Waals surface area contributed by atoms with Crippen molar-refractivity contribution >= 4 is 44.8 Å². The van der Waals surface area contributed by atoms with Crippen LogP contribution in [0, 0.1) is 11.8 Å². The summed E-state index contributed by atoms with van der Waals surface area (Å²) in [6.45, 7) is 1.49. The van der Waals surface area contributed by atoms with E-state index in [2.05, 4.69) is 21.7 Å². The van der Waals surface area contributed by atoms with Gasteiger partial charge >= 0.3 is 5.97 Å². The molecule has 12 heteroatoms. The van der Waals surface area contributed by atoms with E-state index in [9.17, 15) is 14.4 Å². The van der Waals surface area contributed by atoms with E-state index in [0.717, 1.165) is 71.6 Å². The summed E-state index contributed by atoms with van der Waals surface area (Å²) in [6, 6.07) is 16.8. The van der Waals surface area contributed by atoms with Gasteiger partial charge in [0.25, 0.3) is 5.91 Å². The Morgan fingerprint density at radius 1 is 1.00 bits per heavy atom. The lowest BCUT2D eigenvalue weighted by atomic mass is 10.0. The van der Waals surface area contributed by atoms with Gasteiger partial charge in [-0.05, 0) is 80.0 Å². The standard InChI is InChI=1S/C38H37N7O5/c1-43-34-28(13-23(15-31(34)49-2)37(47)45-18-22-8-11-29(45)33(22)39)42-36(43)30-14-21-7-9-26(41-35(21)44(30)17-19-4-5-19)20-6-10-27-24(12-20)25(38(48)50-3)16-32(46)40-27/h6-7,9-10,12-16,19,22,29,33H,4-5,8,11,17-18,39H2,1-3H3,(H,40,46). The molecule has 3 N–H and O–H groups in total. The lowest BCUT2D eigenvalue weighted by Crippen LogP contribution is -2.41. The van der Waals surface area contributed by atoms with Crippen molar-refractivity contribution in [1.82, 2.24) is 29.0 Å². The number of rotatable bonds is 7. The molecule has 50 heavy (non-hydrogen) atoms. The number of nitrogens with zero attached hydrogens (tertiary/aromatic N) is 5. The average molecular weight is 672 g/mol. The second-order valence-electron chi connectivity index (χ2n) is 14.0. The number of aromatic amines is 1. The van der Waals surface area contributed by atoms with Crippen LogP contribution in [0.1, 0.15) is 46.4 Å². The smallest absolute Gasteiger partial charge is 0.338 e. The van der Waals surface area contributed by atoms with E-state index in [1.807, 2.05) is 46.8 Å². The maximum atomic E-state index is 13.8. The number of amides is 1. The monoisotopic (exact) mass is 671 g/mol. The minimum Gasteiger partial charge on any atom is -0.494 e.